The minimum atomic E-state index is -3.64. The first-order valence-electron chi connectivity index (χ1n) is 11.3. The highest BCUT2D eigenvalue weighted by Crippen LogP contribution is 2.39. The normalized spacial score (nSPS) is 17.6. The van der Waals surface area contributed by atoms with E-state index in [0.29, 0.717) is 43.6 Å². The zero-order chi connectivity index (χ0) is 23.7. The van der Waals surface area contributed by atoms with Crippen molar-refractivity contribution in [1.82, 2.24) is 14.4 Å². The molecule has 1 aliphatic carbocycles. The number of carbonyl (C=O) groups excluding carboxylic acids is 1. The molecule has 2 aliphatic rings. The van der Waals surface area contributed by atoms with Crippen LogP contribution in [0.2, 0.25) is 0 Å². The number of nitrogens with one attached hydrogen (secondary N) is 1. The summed E-state index contributed by atoms with van der Waals surface area (Å²) >= 11 is 1.61. The molecule has 0 bridgehead atoms. The van der Waals surface area contributed by atoms with Gasteiger partial charge in [-0.05, 0) is 74.4 Å². The lowest BCUT2D eigenvalue weighted by atomic mass is 9.97. The van der Waals surface area contributed by atoms with Crippen molar-refractivity contribution in [3.8, 4) is 11.4 Å². The Hall–Kier alpha value is -2.69. The Morgan fingerprint density at radius 1 is 1.09 bits per heavy atom. The smallest absolute Gasteiger partial charge is 0.243 e. The second kappa shape index (κ2) is 9.52. The molecular formula is C24H26N4O4S2. The van der Waals surface area contributed by atoms with Gasteiger partial charge < -0.3 is 9.84 Å². The maximum Gasteiger partial charge on any atom is 0.243 e. The number of anilines is 1. The summed E-state index contributed by atoms with van der Waals surface area (Å²) in [5, 5.41) is 6.97. The van der Waals surface area contributed by atoms with Crippen LogP contribution in [0.4, 0.5) is 5.69 Å². The van der Waals surface area contributed by atoms with Crippen LogP contribution in [0, 0.1) is 5.92 Å². The molecule has 0 radical (unpaired) electrons. The van der Waals surface area contributed by atoms with E-state index in [1.54, 1.807) is 36.0 Å². The molecule has 5 rings (SSSR count). The Morgan fingerprint density at radius 3 is 2.50 bits per heavy atom. The van der Waals surface area contributed by atoms with Gasteiger partial charge in [0.1, 0.15) is 0 Å². The summed E-state index contributed by atoms with van der Waals surface area (Å²) in [6, 6.07) is 14.3. The average molecular weight is 499 g/mol. The molecule has 1 aromatic heterocycles. The van der Waals surface area contributed by atoms with Gasteiger partial charge in [-0.25, -0.2) is 8.42 Å². The summed E-state index contributed by atoms with van der Waals surface area (Å²) in [5.41, 5.74) is 1.48. The molecule has 1 N–H and O–H groups in total. The molecule has 178 valence electrons. The zero-order valence-corrected chi connectivity index (χ0v) is 20.4. The number of thioether (sulfide) groups is 1. The molecular weight excluding hydrogens is 472 g/mol. The van der Waals surface area contributed by atoms with E-state index in [4.69, 9.17) is 4.52 Å². The van der Waals surface area contributed by atoms with Crippen molar-refractivity contribution in [1.29, 1.82) is 0 Å². The van der Waals surface area contributed by atoms with E-state index in [0.717, 1.165) is 29.0 Å². The number of carbonyl (C=O) groups is 1. The topological polar surface area (TPSA) is 105 Å². The van der Waals surface area contributed by atoms with Crippen LogP contribution in [0.15, 0.2) is 62.8 Å². The van der Waals surface area contributed by atoms with Crippen molar-refractivity contribution in [2.24, 2.45) is 5.92 Å². The van der Waals surface area contributed by atoms with Crippen LogP contribution in [-0.4, -0.2) is 48.1 Å². The second-order valence-corrected chi connectivity index (χ2v) is 11.5. The summed E-state index contributed by atoms with van der Waals surface area (Å²) in [6.45, 7) is 0.616. The highest BCUT2D eigenvalue weighted by molar-refractivity contribution is 7.98. The quantitative estimate of drug-likeness (QED) is 0.482. The maximum atomic E-state index is 13.1. The van der Waals surface area contributed by atoms with Crippen molar-refractivity contribution < 1.29 is 17.7 Å². The summed E-state index contributed by atoms with van der Waals surface area (Å²) in [6.07, 6.45) is 5.10. The summed E-state index contributed by atoms with van der Waals surface area (Å²) in [7, 11) is -3.64. The minimum absolute atomic E-state index is 0.0645. The number of benzene rings is 2. The number of hydrogen-bond acceptors (Lipinski definition) is 7. The van der Waals surface area contributed by atoms with Gasteiger partial charge in [0.15, 0.2) is 0 Å². The Labute approximate surface area is 203 Å². The van der Waals surface area contributed by atoms with Gasteiger partial charge in [0.05, 0.1) is 4.90 Å². The van der Waals surface area contributed by atoms with Gasteiger partial charge in [0.2, 0.25) is 27.6 Å². The number of rotatable bonds is 7. The molecule has 1 saturated heterocycles. The highest BCUT2D eigenvalue weighted by atomic mass is 32.2. The van der Waals surface area contributed by atoms with E-state index in [9.17, 15) is 13.2 Å². The first kappa shape index (κ1) is 23.1. The first-order valence-corrected chi connectivity index (χ1v) is 14.0. The summed E-state index contributed by atoms with van der Waals surface area (Å²) in [4.78, 5) is 18.4. The third-order valence-corrected chi connectivity index (χ3v) is 8.92. The molecule has 2 fully saturated rings. The molecule has 2 aromatic carbocycles. The van der Waals surface area contributed by atoms with Gasteiger partial charge in [0.25, 0.3) is 0 Å². The van der Waals surface area contributed by atoms with Gasteiger partial charge in [-0.2, -0.15) is 9.29 Å². The van der Waals surface area contributed by atoms with Crippen LogP contribution < -0.4 is 5.32 Å². The van der Waals surface area contributed by atoms with Crippen LogP contribution >= 0.6 is 11.8 Å². The maximum absolute atomic E-state index is 13.1. The van der Waals surface area contributed by atoms with Crippen molar-refractivity contribution in [2.75, 3.05) is 24.7 Å². The van der Waals surface area contributed by atoms with Crippen molar-refractivity contribution in [3.63, 3.8) is 0 Å². The monoisotopic (exact) mass is 498 g/mol. The van der Waals surface area contributed by atoms with E-state index in [1.165, 1.54) is 4.31 Å². The van der Waals surface area contributed by atoms with E-state index in [-0.39, 0.29) is 16.7 Å². The fraction of sp³-hybridized carbons (Fsp3) is 0.375. The molecule has 0 unspecified atom stereocenters. The van der Waals surface area contributed by atoms with Crippen molar-refractivity contribution in [2.45, 2.75) is 41.4 Å². The Bertz CT molecular complexity index is 1280. The first-order chi connectivity index (χ1) is 16.4. The number of hydrogen-bond donors (Lipinski definition) is 1. The van der Waals surface area contributed by atoms with Gasteiger partial charge in [0, 0.05) is 41.1 Å². The number of sulfonamides is 1. The Morgan fingerprint density at radius 2 is 1.82 bits per heavy atom. The average Bonchev–Trinajstić information content (AvgIpc) is 3.60. The predicted molar refractivity (Wildman–Crippen MR) is 130 cm³/mol. The molecule has 0 atom stereocenters. The lowest BCUT2D eigenvalue weighted by molar-refractivity contribution is -0.120. The molecule has 3 aromatic rings. The molecule has 10 heteroatoms. The second-order valence-electron chi connectivity index (χ2n) is 8.65. The SMILES string of the molecule is CSc1cccc(NC(=O)C2CCN(S(=O)(=O)c3ccc(-c4noc(C5CC5)n4)cc3)CC2)c1. The van der Waals surface area contributed by atoms with Crippen LogP contribution in [0.25, 0.3) is 11.4 Å². The molecule has 34 heavy (non-hydrogen) atoms. The number of piperidine rings is 1. The molecule has 1 saturated carbocycles. The Kier molecular flexibility index (Phi) is 6.46. The third-order valence-electron chi connectivity index (χ3n) is 6.28. The van der Waals surface area contributed by atoms with Crippen molar-refractivity contribution in [3.05, 3.63) is 54.4 Å². The number of nitrogens with zero attached hydrogens (tertiary/aromatic N) is 3. The largest absolute Gasteiger partial charge is 0.339 e. The van der Waals surface area contributed by atoms with E-state index in [2.05, 4.69) is 15.5 Å². The van der Waals surface area contributed by atoms with Crippen LogP contribution in [0.5, 0.6) is 0 Å². The number of aromatic nitrogens is 2. The van der Waals surface area contributed by atoms with Gasteiger partial charge in [-0.15, -0.1) is 11.8 Å². The standard InChI is InChI=1S/C24H26N4O4S2/c1-33-20-4-2-3-19(15-20)25-23(29)17-11-13-28(14-12-17)34(30,31)21-9-7-16(8-10-21)22-26-24(32-27-22)18-5-6-18/h2-4,7-10,15,17-18H,5-6,11-14H2,1H3,(H,25,29). The van der Waals surface area contributed by atoms with Crippen LogP contribution in [-0.2, 0) is 14.8 Å². The van der Waals surface area contributed by atoms with Crippen LogP contribution in [0.1, 0.15) is 37.5 Å². The third kappa shape index (κ3) is 4.89. The van der Waals surface area contributed by atoms with Crippen LogP contribution in [0.3, 0.4) is 0 Å². The number of amides is 1. The minimum Gasteiger partial charge on any atom is -0.339 e. The van der Waals surface area contributed by atoms with E-state index >= 15 is 0 Å². The van der Waals surface area contributed by atoms with E-state index < -0.39 is 10.0 Å². The predicted octanol–water partition coefficient (Wildman–Crippen LogP) is 4.38. The molecule has 1 amide bonds. The molecule has 1 aliphatic heterocycles. The molecule has 0 spiro atoms. The zero-order valence-electron chi connectivity index (χ0n) is 18.8. The summed E-state index contributed by atoms with van der Waals surface area (Å²) in [5.74, 6) is 1.21. The van der Waals surface area contributed by atoms with Gasteiger partial charge in [-0.1, -0.05) is 11.2 Å². The summed E-state index contributed by atoms with van der Waals surface area (Å²) < 4.78 is 33.0. The lowest BCUT2D eigenvalue weighted by Crippen LogP contribution is -2.41. The Balaban J connectivity index is 1.20. The van der Waals surface area contributed by atoms with Crippen molar-refractivity contribution >= 4 is 33.4 Å². The van der Waals surface area contributed by atoms with Gasteiger partial charge in [-0.3, -0.25) is 4.79 Å². The molecule has 2 heterocycles. The fourth-order valence-electron chi connectivity index (χ4n) is 4.08. The van der Waals surface area contributed by atoms with Gasteiger partial charge >= 0.3 is 0 Å². The highest BCUT2D eigenvalue weighted by Gasteiger charge is 2.33. The lowest BCUT2D eigenvalue weighted by Gasteiger charge is -2.30. The molecule has 8 nitrogen and oxygen atoms in total. The van der Waals surface area contributed by atoms with E-state index in [1.807, 2.05) is 30.5 Å². The fourth-order valence-corrected chi connectivity index (χ4v) is 6.01.